The lowest BCUT2D eigenvalue weighted by Gasteiger charge is -2.05. The zero-order valence-corrected chi connectivity index (χ0v) is 14.3. The predicted octanol–water partition coefficient (Wildman–Crippen LogP) is 3.29. The van der Waals surface area contributed by atoms with Crippen molar-refractivity contribution < 1.29 is 9.53 Å². The van der Waals surface area contributed by atoms with Crippen LogP contribution in [0.15, 0.2) is 72.9 Å². The highest BCUT2D eigenvalue weighted by Gasteiger charge is 2.11. The Labute approximate surface area is 147 Å². The van der Waals surface area contributed by atoms with Gasteiger partial charge in [-0.05, 0) is 23.6 Å². The van der Waals surface area contributed by atoms with Crippen LogP contribution in [0.4, 0.5) is 0 Å². The molecule has 25 heavy (non-hydrogen) atoms. The highest BCUT2D eigenvalue weighted by Crippen LogP contribution is 2.23. The molecule has 3 rings (SSSR count). The fourth-order valence-corrected chi connectivity index (χ4v) is 2.99. The van der Waals surface area contributed by atoms with Gasteiger partial charge in [0.1, 0.15) is 0 Å². The molecule has 128 valence electrons. The Kier molecular flexibility index (Phi) is 5.31. The van der Waals surface area contributed by atoms with Crippen LogP contribution in [0, 0.1) is 0 Å². The molecule has 0 aliphatic rings. The minimum Gasteiger partial charge on any atom is -0.466 e. The lowest BCUT2D eigenvalue weighted by atomic mass is 10.1. The number of para-hydroxylation sites is 1. The molecule has 2 aromatic carbocycles. The third kappa shape index (κ3) is 4.17. The smallest absolute Gasteiger partial charge is 0.330 e. The number of benzene rings is 2. The molecule has 1 atom stereocenters. The SMILES string of the molecule is COC(=O)C=CC(N)Cc1cn(Cc2ccccc2)c2ccccc12. The van der Waals surface area contributed by atoms with Crippen molar-refractivity contribution in [3.8, 4) is 0 Å². The summed E-state index contributed by atoms with van der Waals surface area (Å²) < 4.78 is 6.85. The Morgan fingerprint density at radius 1 is 1.16 bits per heavy atom. The van der Waals surface area contributed by atoms with Crippen LogP contribution in [0.5, 0.6) is 0 Å². The quantitative estimate of drug-likeness (QED) is 0.556. The van der Waals surface area contributed by atoms with Crippen molar-refractivity contribution >= 4 is 16.9 Å². The van der Waals surface area contributed by atoms with Gasteiger partial charge in [-0.1, -0.05) is 54.6 Å². The van der Waals surface area contributed by atoms with Crippen molar-refractivity contribution in [3.63, 3.8) is 0 Å². The maximum atomic E-state index is 11.2. The monoisotopic (exact) mass is 334 g/mol. The van der Waals surface area contributed by atoms with E-state index in [1.807, 2.05) is 18.2 Å². The van der Waals surface area contributed by atoms with E-state index in [4.69, 9.17) is 5.73 Å². The summed E-state index contributed by atoms with van der Waals surface area (Å²) >= 11 is 0. The molecule has 2 N–H and O–H groups in total. The molecule has 0 amide bonds. The highest BCUT2D eigenvalue weighted by molar-refractivity contribution is 5.84. The van der Waals surface area contributed by atoms with E-state index in [2.05, 4.69) is 51.9 Å². The maximum Gasteiger partial charge on any atom is 0.330 e. The average Bonchev–Trinajstić information content (AvgIpc) is 2.98. The molecule has 0 bridgehead atoms. The molecule has 0 fully saturated rings. The van der Waals surface area contributed by atoms with Crippen molar-refractivity contribution in [2.75, 3.05) is 7.11 Å². The summed E-state index contributed by atoms with van der Waals surface area (Å²) in [4.78, 5) is 11.2. The largest absolute Gasteiger partial charge is 0.466 e. The van der Waals surface area contributed by atoms with Crippen LogP contribution in [-0.2, 0) is 22.5 Å². The minimum atomic E-state index is -0.387. The fourth-order valence-electron chi connectivity index (χ4n) is 2.99. The van der Waals surface area contributed by atoms with E-state index in [1.54, 1.807) is 6.08 Å². The Bertz CT molecular complexity index is 881. The van der Waals surface area contributed by atoms with E-state index < -0.39 is 0 Å². The van der Waals surface area contributed by atoms with Gasteiger partial charge < -0.3 is 15.0 Å². The first-order valence-electron chi connectivity index (χ1n) is 8.30. The third-order valence-corrected chi connectivity index (χ3v) is 4.20. The van der Waals surface area contributed by atoms with Crippen molar-refractivity contribution in [2.24, 2.45) is 5.73 Å². The summed E-state index contributed by atoms with van der Waals surface area (Å²) in [5.74, 6) is -0.387. The van der Waals surface area contributed by atoms with E-state index in [0.29, 0.717) is 6.42 Å². The molecule has 4 heteroatoms. The minimum absolute atomic E-state index is 0.241. The number of rotatable bonds is 6. The zero-order valence-electron chi connectivity index (χ0n) is 14.3. The van der Waals surface area contributed by atoms with Crippen molar-refractivity contribution in [1.82, 2.24) is 4.57 Å². The maximum absolute atomic E-state index is 11.2. The molecule has 1 unspecified atom stereocenters. The molecule has 0 saturated heterocycles. The summed E-state index contributed by atoms with van der Waals surface area (Å²) in [5, 5.41) is 1.19. The predicted molar refractivity (Wildman–Crippen MR) is 100 cm³/mol. The van der Waals surface area contributed by atoms with Crippen LogP contribution in [0.3, 0.4) is 0 Å². The van der Waals surface area contributed by atoms with Crippen molar-refractivity contribution in [1.29, 1.82) is 0 Å². The van der Waals surface area contributed by atoms with E-state index >= 15 is 0 Å². The summed E-state index contributed by atoms with van der Waals surface area (Å²) in [7, 11) is 1.36. The van der Waals surface area contributed by atoms with Gasteiger partial charge in [0, 0.05) is 35.8 Å². The molecular formula is C21H22N2O2. The Morgan fingerprint density at radius 3 is 2.64 bits per heavy atom. The number of hydrogen-bond acceptors (Lipinski definition) is 3. The van der Waals surface area contributed by atoms with E-state index in [9.17, 15) is 4.79 Å². The highest BCUT2D eigenvalue weighted by atomic mass is 16.5. The standard InChI is InChI=1S/C21H22N2O2/c1-25-21(24)12-11-18(22)13-17-15-23(14-16-7-3-2-4-8-16)20-10-6-5-9-19(17)20/h2-12,15,18H,13-14,22H2,1H3. The van der Waals surface area contributed by atoms with E-state index in [0.717, 1.165) is 6.54 Å². The fraction of sp³-hybridized carbons (Fsp3) is 0.190. The molecule has 1 aromatic heterocycles. The van der Waals surface area contributed by atoms with Crippen LogP contribution in [0.1, 0.15) is 11.1 Å². The molecule has 0 aliphatic heterocycles. The number of esters is 1. The second kappa shape index (κ2) is 7.81. The third-order valence-electron chi connectivity index (χ3n) is 4.20. The van der Waals surface area contributed by atoms with Crippen LogP contribution in [0.25, 0.3) is 10.9 Å². The second-order valence-electron chi connectivity index (χ2n) is 6.04. The van der Waals surface area contributed by atoms with Gasteiger partial charge in [0.2, 0.25) is 0 Å². The van der Waals surface area contributed by atoms with Gasteiger partial charge in [0.25, 0.3) is 0 Å². The number of hydrogen-bond donors (Lipinski definition) is 1. The zero-order chi connectivity index (χ0) is 17.6. The molecular weight excluding hydrogens is 312 g/mol. The number of fused-ring (bicyclic) bond motifs is 1. The summed E-state index contributed by atoms with van der Waals surface area (Å²) in [6, 6.07) is 18.5. The van der Waals surface area contributed by atoms with Crippen LogP contribution >= 0.6 is 0 Å². The van der Waals surface area contributed by atoms with Gasteiger partial charge in [-0.25, -0.2) is 4.79 Å². The first-order valence-corrected chi connectivity index (χ1v) is 8.30. The number of nitrogens with zero attached hydrogens (tertiary/aromatic N) is 1. The van der Waals surface area contributed by atoms with Gasteiger partial charge in [0.15, 0.2) is 0 Å². The summed E-state index contributed by atoms with van der Waals surface area (Å²) in [6.45, 7) is 0.814. The molecule has 0 saturated carbocycles. The lowest BCUT2D eigenvalue weighted by molar-refractivity contribution is -0.134. The second-order valence-corrected chi connectivity index (χ2v) is 6.04. The number of ether oxygens (including phenoxy) is 1. The molecule has 4 nitrogen and oxygen atoms in total. The van der Waals surface area contributed by atoms with Crippen LogP contribution < -0.4 is 5.73 Å². The van der Waals surface area contributed by atoms with Crippen LogP contribution in [-0.4, -0.2) is 23.7 Å². The Hall–Kier alpha value is -2.85. The van der Waals surface area contributed by atoms with E-state index in [-0.39, 0.29) is 12.0 Å². The Balaban J connectivity index is 1.86. The molecule has 1 heterocycles. The average molecular weight is 334 g/mol. The Morgan fingerprint density at radius 2 is 1.88 bits per heavy atom. The first-order chi connectivity index (χ1) is 12.2. The summed E-state index contributed by atoms with van der Waals surface area (Å²) in [5.41, 5.74) is 9.77. The van der Waals surface area contributed by atoms with Crippen molar-refractivity contribution in [2.45, 2.75) is 19.0 Å². The van der Waals surface area contributed by atoms with Gasteiger partial charge in [0.05, 0.1) is 7.11 Å². The molecule has 3 aromatic rings. The number of methoxy groups -OCH3 is 1. The van der Waals surface area contributed by atoms with Gasteiger partial charge in [-0.3, -0.25) is 0 Å². The van der Waals surface area contributed by atoms with E-state index in [1.165, 1.54) is 35.2 Å². The summed E-state index contributed by atoms with van der Waals surface area (Å²) in [6.07, 6.45) is 5.89. The lowest BCUT2D eigenvalue weighted by Crippen LogP contribution is -2.20. The first kappa shape index (κ1) is 17.0. The number of carbonyl (C=O) groups excluding carboxylic acids is 1. The topological polar surface area (TPSA) is 57.2 Å². The van der Waals surface area contributed by atoms with Gasteiger partial charge in [-0.2, -0.15) is 0 Å². The molecule has 0 spiro atoms. The molecule has 0 aliphatic carbocycles. The van der Waals surface area contributed by atoms with Gasteiger partial charge in [-0.15, -0.1) is 0 Å². The number of aromatic nitrogens is 1. The van der Waals surface area contributed by atoms with Gasteiger partial charge >= 0.3 is 5.97 Å². The number of carbonyl (C=O) groups is 1. The van der Waals surface area contributed by atoms with Crippen molar-refractivity contribution in [3.05, 3.63) is 84.1 Å². The normalized spacial score (nSPS) is 12.6. The molecule has 0 radical (unpaired) electrons. The number of nitrogens with two attached hydrogens (primary N) is 1. The van der Waals surface area contributed by atoms with Crippen LogP contribution in [0.2, 0.25) is 0 Å².